The van der Waals surface area contributed by atoms with Gasteiger partial charge in [0.1, 0.15) is 0 Å². The Bertz CT molecular complexity index is 458. The topological polar surface area (TPSA) is 45.5 Å². The van der Waals surface area contributed by atoms with Crippen molar-refractivity contribution in [3.05, 3.63) is 18.7 Å². The molecule has 0 bridgehead atoms. The third kappa shape index (κ3) is 5.97. The van der Waals surface area contributed by atoms with Crippen LogP contribution < -0.4 is 5.32 Å². The molecule has 132 valence electrons. The second kappa shape index (κ2) is 10.2. The molecule has 2 heterocycles. The van der Waals surface area contributed by atoms with Gasteiger partial charge in [-0.05, 0) is 31.6 Å². The predicted octanol–water partition coefficient (Wildman–Crippen LogP) is 3.40. The number of hydrogen-bond donors (Lipinski definition) is 1. The Kier molecular flexibility index (Phi) is 8.94. The van der Waals surface area contributed by atoms with Crippen molar-refractivity contribution in [2.24, 2.45) is 16.8 Å². The van der Waals surface area contributed by atoms with Crippen molar-refractivity contribution in [3.63, 3.8) is 0 Å². The third-order valence-electron chi connectivity index (χ3n) is 4.43. The van der Waals surface area contributed by atoms with Gasteiger partial charge >= 0.3 is 0 Å². The molecule has 0 aromatic carbocycles. The van der Waals surface area contributed by atoms with Crippen LogP contribution in [0.15, 0.2) is 23.7 Å². The first kappa shape index (κ1) is 20.3. The molecular weight excluding hydrogens is 401 g/mol. The molecule has 1 aliphatic heterocycles. The molecule has 5 nitrogen and oxygen atoms in total. The Labute approximate surface area is 158 Å². The lowest BCUT2D eigenvalue weighted by atomic mass is 9.93. The molecule has 1 N–H and O–H groups in total. The molecule has 6 heteroatoms. The predicted molar refractivity (Wildman–Crippen MR) is 107 cm³/mol. The van der Waals surface area contributed by atoms with E-state index in [0.29, 0.717) is 17.9 Å². The Morgan fingerprint density at radius 2 is 2.22 bits per heavy atom. The van der Waals surface area contributed by atoms with Gasteiger partial charge in [-0.3, -0.25) is 4.99 Å². The molecule has 1 aromatic heterocycles. The lowest BCUT2D eigenvalue weighted by Crippen LogP contribution is -2.49. The zero-order valence-corrected chi connectivity index (χ0v) is 17.2. The molecule has 23 heavy (non-hydrogen) atoms. The number of hydrogen-bond acceptors (Lipinski definition) is 2. The van der Waals surface area contributed by atoms with Crippen LogP contribution in [0.5, 0.6) is 0 Å². The smallest absolute Gasteiger partial charge is 0.193 e. The van der Waals surface area contributed by atoms with Crippen molar-refractivity contribution in [2.75, 3.05) is 26.2 Å². The number of halogens is 1. The van der Waals surface area contributed by atoms with Gasteiger partial charge in [0.2, 0.25) is 0 Å². The van der Waals surface area contributed by atoms with Gasteiger partial charge in [-0.25, -0.2) is 4.98 Å². The Hall–Kier alpha value is -0.790. The number of guanidine groups is 1. The summed E-state index contributed by atoms with van der Waals surface area (Å²) in [5.74, 6) is 2.44. The van der Waals surface area contributed by atoms with E-state index in [-0.39, 0.29) is 24.0 Å². The van der Waals surface area contributed by atoms with E-state index in [1.165, 1.54) is 6.42 Å². The van der Waals surface area contributed by atoms with Gasteiger partial charge in [-0.15, -0.1) is 24.0 Å². The third-order valence-corrected chi connectivity index (χ3v) is 4.43. The number of piperidine rings is 1. The maximum Gasteiger partial charge on any atom is 0.193 e. The first-order chi connectivity index (χ1) is 10.6. The number of nitrogens with one attached hydrogen (secondary N) is 1. The number of aromatic nitrogens is 2. The van der Waals surface area contributed by atoms with Gasteiger partial charge in [-0.1, -0.05) is 20.8 Å². The molecule has 0 radical (unpaired) electrons. The van der Waals surface area contributed by atoms with Crippen LogP contribution in [0.2, 0.25) is 0 Å². The van der Waals surface area contributed by atoms with Crippen LogP contribution in [0.1, 0.15) is 46.6 Å². The number of aliphatic imine (C=N–C) groups is 1. The fourth-order valence-corrected chi connectivity index (χ4v) is 2.95. The average Bonchev–Trinajstić information content (AvgIpc) is 3.01. The summed E-state index contributed by atoms with van der Waals surface area (Å²) in [4.78, 5) is 11.4. The van der Waals surface area contributed by atoms with Gasteiger partial charge < -0.3 is 14.8 Å². The first-order valence-electron chi connectivity index (χ1n) is 8.62. The number of nitrogens with zero attached hydrogens (tertiary/aromatic N) is 4. The van der Waals surface area contributed by atoms with E-state index in [1.807, 2.05) is 12.5 Å². The van der Waals surface area contributed by atoms with E-state index < -0.39 is 0 Å². The average molecular weight is 433 g/mol. The molecule has 0 saturated carbocycles. The fourth-order valence-electron chi connectivity index (χ4n) is 2.95. The molecule has 2 rings (SSSR count). The Morgan fingerprint density at radius 1 is 1.43 bits per heavy atom. The van der Waals surface area contributed by atoms with Crippen LogP contribution in [0.3, 0.4) is 0 Å². The molecule has 0 amide bonds. The summed E-state index contributed by atoms with van der Waals surface area (Å²) in [5.41, 5.74) is 0. The largest absolute Gasteiger partial charge is 0.357 e. The molecular formula is C17H32IN5. The second-order valence-corrected chi connectivity index (χ2v) is 6.71. The van der Waals surface area contributed by atoms with E-state index in [1.54, 1.807) is 0 Å². The summed E-state index contributed by atoms with van der Waals surface area (Å²) in [6, 6.07) is 0.477. The van der Waals surface area contributed by atoms with Crippen molar-refractivity contribution < 1.29 is 0 Å². The van der Waals surface area contributed by atoms with E-state index in [2.05, 4.69) is 53.7 Å². The summed E-state index contributed by atoms with van der Waals surface area (Å²) in [6.45, 7) is 12.9. The molecule has 1 fully saturated rings. The van der Waals surface area contributed by atoms with Gasteiger partial charge in [-0.2, -0.15) is 0 Å². The van der Waals surface area contributed by atoms with E-state index in [9.17, 15) is 0 Å². The summed E-state index contributed by atoms with van der Waals surface area (Å²) in [6.07, 6.45) is 8.22. The first-order valence-corrected chi connectivity index (χ1v) is 8.62. The standard InChI is InChI=1S/C17H31N5.HI/c1-5-19-17(20-8-6-14(2)3)21-10-7-15(4)16(12-21)22-11-9-18-13-22;/h9,11,13-16H,5-8,10,12H2,1-4H3,(H,19,20);1H. The number of imidazole rings is 1. The normalized spacial score (nSPS) is 22.1. The van der Waals surface area contributed by atoms with Crippen LogP contribution >= 0.6 is 24.0 Å². The highest BCUT2D eigenvalue weighted by Crippen LogP contribution is 2.27. The molecule has 1 saturated heterocycles. The van der Waals surface area contributed by atoms with Crippen LogP contribution in [-0.4, -0.2) is 46.6 Å². The fraction of sp³-hybridized carbons (Fsp3) is 0.765. The van der Waals surface area contributed by atoms with Gasteiger partial charge in [0.05, 0.1) is 12.4 Å². The monoisotopic (exact) mass is 433 g/mol. The van der Waals surface area contributed by atoms with Crippen LogP contribution in [0.4, 0.5) is 0 Å². The van der Waals surface area contributed by atoms with Crippen LogP contribution in [-0.2, 0) is 0 Å². The quantitative estimate of drug-likeness (QED) is 0.440. The van der Waals surface area contributed by atoms with Gasteiger partial charge in [0.15, 0.2) is 5.96 Å². The second-order valence-electron chi connectivity index (χ2n) is 6.71. The SMILES string of the molecule is CCNC(=NCCC(C)C)N1CCC(C)C(n2ccnc2)C1.I. The minimum atomic E-state index is 0. The van der Waals surface area contributed by atoms with Crippen LogP contribution in [0.25, 0.3) is 0 Å². The van der Waals surface area contributed by atoms with Crippen molar-refractivity contribution >= 4 is 29.9 Å². The van der Waals surface area contributed by atoms with Gasteiger partial charge in [0, 0.05) is 38.6 Å². The molecule has 2 atom stereocenters. The van der Waals surface area contributed by atoms with Crippen molar-refractivity contribution in [1.29, 1.82) is 0 Å². The summed E-state index contributed by atoms with van der Waals surface area (Å²) < 4.78 is 2.24. The highest BCUT2D eigenvalue weighted by molar-refractivity contribution is 14.0. The molecule has 0 aliphatic carbocycles. The van der Waals surface area contributed by atoms with E-state index in [4.69, 9.17) is 4.99 Å². The van der Waals surface area contributed by atoms with Crippen molar-refractivity contribution in [2.45, 2.75) is 46.6 Å². The minimum absolute atomic E-state index is 0. The summed E-state index contributed by atoms with van der Waals surface area (Å²) in [5, 5.41) is 3.46. The molecule has 1 aliphatic rings. The minimum Gasteiger partial charge on any atom is -0.357 e. The number of rotatable bonds is 5. The van der Waals surface area contributed by atoms with Crippen molar-refractivity contribution in [3.8, 4) is 0 Å². The summed E-state index contributed by atoms with van der Waals surface area (Å²) in [7, 11) is 0. The molecule has 2 unspecified atom stereocenters. The van der Waals surface area contributed by atoms with Crippen molar-refractivity contribution in [1.82, 2.24) is 19.8 Å². The lowest BCUT2D eigenvalue weighted by molar-refractivity contribution is 0.189. The number of likely N-dealkylation sites (tertiary alicyclic amines) is 1. The van der Waals surface area contributed by atoms with E-state index in [0.717, 1.165) is 38.6 Å². The molecule has 0 spiro atoms. The van der Waals surface area contributed by atoms with Crippen LogP contribution in [0, 0.1) is 11.8 Å². The molecule has 1 aromatic rings. The van der Waals surface area contributed by atoms with E-state index >= 15 is 0 Å². The zero-order valence-electron chi connectivity index (χ0n) is 14.9. The Balaban J connectivity index is 0.00000264. The zero-order chi connectivity index (χ0) is 15.9. The lowest BCUT2D eigenvalue weighted by Gasteiger charge is -2.39. The maximum absolute atomic E-state index is 4.82. The summed E-state index contributed by atoms with van der Waals surface area (Å²) >= 11 is 0. The highest BCUT2D eigenvalue weighted by atomic mass is 127. The highest BCUT2D eigenvalue weighted by Gasteiger charge is 2.28. The van der Waals surface area contributed by atoms with Gasteiger partial charge in [0.25, 0.3) is 0 Å². The maximum atomic E-state index is 4.82. The Morgan fingerprint density at radius 3 is 2.83 bits per heavy atom.